The number of aromatic nitrogens is 2. The number of rotatable bonds is 4. The molecule has 0 atom stereocenters. The van der Waals surface area contributed by atoms with Gasteiger partial charge in [-0.05, 0) is 24.3 Å². The van der Waals surface area contributed by atoms with Crippen LogP contribution in [-0.4, -0.2) is 10.2 Å². The Balaban J connectivity index is 1.75. The summed E-state index contributed by atoms with van der Waals surface area (Å²) in [5.74, 6) is -1.12. The molecule has 0 aliphatic rings. The summed E-state index contributed by atoms with van der Waals surface area (Å²) in [7, 11) is 0. The highest BCUT2D eigenvalue weighted by atomic mass is 19.1. The van der Waals surface area contributed by atoms with E-state index in [0.717, 1.165) is 23.0 Å². The van der Waals surface area contributed by atoms with Crippen LogP contribution in [0.1, 0.15) is 5.56 Å². The molecule has 3 aromatic rings. The van der Waals surface area contributed by atoms with Crippen molar-refractivity contribution >= 4 is 5.69 Å². The Morgan fingerprint density at radius 1 is 1.05 bits per heavy atom. The molecule has 0 bridgehead atoms. The third kappa shape index (κ3) is 3.08. The van der Waals surface area contributed by atoms with Crippen molar-refractivity contribution in [1.82, 2.24) is 10.2 Å². The van der Waals surface area contributed by atoms with Gasteiger partial charge in [-0.3, -0.25) is 5.10 Å². The normalized spacial score (nSPS) is 10.6. The van der Waals surface area contributed by atoms with E-state index in [9.17, 15) is 8.78 Å². The third-order valence-electron chi connectivity index (χ3n) is 3.17. The second kappa shape index (κ2) is 5.75. The van der Waals surface area contributed by atoms with Gasteiger partial charge in [-0.25, -0.2) is 8.78 Å². The molecule has 2 N–H and O–H groups in total. The van der Waals surface area contributed by atoms with Crippen LogP contribution in [0.5, 0.6) is 0 Å². The molecule has 0 fully saturated rings. The topological polar surface area (TPSA) is 40.7 Å². The molecule has 0 amide bonds. The SMILES string of the molecule is Fc1ccc(CNc2cccc(-c3ccn[nH]3)c2)c(F)c1. The number of hydrogen-bond acceptors (Lipinski definition) is 2. The molecule has 1 heterocycles. The Kier molecular flexibility index (Phi) is 3.64. The van der Waals surface area contributed by atoms with Gasteiger partial charge in [0.25, 0.3) is 0 Å². The summed E-state index contributed by atoms with van der Waals surface area (Å²) >= 11 is 0. The van der Waals surface area contributed by atoms with Crippen molar-refractivity contribution in [3.05, 3.63) is 71.9 Å². The average molecular weight is 285 g/mol. The number of H-pyrrole nitrogens is 1. The predicted molar refractivity (Wildman–Crippen MR) is 77.7 cm³/mol. The number of nitrogens with zero attached hydrogens (tertiary/aromatic N) is 1. The molecule has 0 saturated heterocycles. The molecule has 106 valence electrons. The highest BCUT2D eigenvalue weighted by molar-refractivity contribution is 5.64. The van der Waals surface area contributed by atoms with Crippen LogP contribution >= 0.6 is 0 Å². The summed E-state index contributed by atoms with van der Waals surface area (Å²) in [6, 6.07) is 13.1. The van der Waals surface area contributed by atoms with Gasteiger partial charge in [0.15, 0.2) is 0 Å². The first-order chi connectivity index (χ1) is 10.2. The zero-order chi connectivity index (χ0) is 14.7. The van der Waals surface area contributed by atoms with Gasteiger partial charge in [0.1, 0.15) is 11.6 Å². The van der Waals surface area contributed by atoms with Crippen LogP contribution in [0.15, 0.2) is 54.7 Å². The lowest BCUT2D eigenvalue weighted by molar-refractivity contribution is 0.574. The molecular formula is C16H13F2N3. The fourth-order valence-corrected chi connectivity index (χ4v) is 2.08. The van der Waals surface area contributed by atoms with Gasteiger partial charge in [0.2, 0.25) is 0 Å². The van der Waals surface area contributed by atoms with E-state index in [1.807, 2.05) is 30.3 Å². The highest BCUT2D eigenvalue weighted by Gasteiger charge is 2.04. The molecular weight excluding hydrogens is 272 g/mol. The van der Waals surface area contributed by atoms with Crippen LogP contribution in [0.2, 0.25) is 0 Å². The Bertz CT molecular complexity index is 739. The van der Waals surface area contributed by atoms with Crippen LogP contribution < -0.4 is 5.32 Å². The molecule has 0 aliphatic carbocycles. The molecule has 0 saturated carbocycles. The van der Waals surface area contributed by atoms with Crippen LogP contribution in [0.3, 0.4) is 0 Å². The standard InChI is InChI=1S/C16H13F2N3/c17-13-5-4-12(15(18)9-13)10-19-14-3-1-2-11(8-14)16-6-7-20-21-16/h1-9,19H,10H2,(H,20,21). The van der Waals surface area contributed by atoms with E-state index in [0.29, 0.717) is 12.1 Å². The quantitative estimate of drug-likeness (QED) is 0.761. The van der Waals surface area contributed by atoms with Crippen molar-refractivity contribution in [2.24, 2.45) is 0 Å². The lowest BCUT2D eigenvalue weighted by Crippen LogP contribution is -2.02. The van der Waals surface area contributed by atoms with Gasteiger partial charge in [0, 0.05) is 35.6 Å². The van der Waals surface area contributed by atoms with E-state index >= 15 is 0 Å². The second-order valence-electron chi connectivity index (χ2n) is 4.64. The van der Waals surface area contributed by atoms with E-state index in [1.165, 1.54) is 12.1 Å². The van der Waals surface area contributed by atoms with Crippen LogP contribution in [0.4, 0.5) is 14.5 Å². The first-order valence-corrected chi connectivity index (χ1v) is 6.50. The summed E-state index contributed by atoms with van der Waals surface area (Å²) in [4.78, 5) is 0. The highest BCUT2D eigenvalue weighted by Crippen LogP contribution is 2.21. The molecule has 0 unspecified atom stereocenters. The van der Waals surface area contributed by atoms with Crippen molar-refractivity contribution in [3.8, 4) is 11.3 Å². The van der Waals surface area contributed by atoms with Crippen LogP contribution in [-0.2, 0) is 6.54 Å². The summed E-state index contributed by atoms with van der Waals surface area (Å²) in [6.45, 7) is 0.290. The number of halogens is 2. The summed E-state index contributed by atoms with van der Waals surface area (Å²) < 4.78 is 26.4. The number of aromatic amines is 1. The van der Waals surface area contributed by atoms with E-state index < -0.39 is 11.6 Å². The molecule has 1 aromatic heterocycles. The van der Waals surface area contributed by atoms with E-state index in [-0.39, 0.29) is 0 Å². The fourth-order valence-electron chi connectivity index (χ4n) is 2.08. The van der Waals surface area contributed by atoms with E-state index in [4.69, 9.17) is 0 Å². The Morgan fingerprint density at radius 3 is 2.71 bits per heavy atom. The molecule has 21 heavy (non-hydrogen) atoms. The molecule has 3 nitrogen and oxygen atoms in total. The van der Waals surface area contributed by atoms with Crippen molar-refractivity contribution in [2.75, 3.05) is 5.32 Å². The first-order valence-electron chi connectivity index (χ1n) is 6.50. The van der Waals surface area contributed by atoms with Gasteiger partial charge in [-0.2, -0.15) is 5.10 Å². The molecule has 3 rings (SSSR count). The summed E-state index contributed by atoms with van der Waals surface area (Å²) in [6.07, 6.45) is 1.68. The van der Waals surface area contributed by atoms with Crippen LogP contribution in [0, 0.1) is 11.6 Å². The Hall–Kier alpha value is -2.69. The van der Waals surface area contributed by atoms with Crippen molar-refractivity contribution < 1.29 is 8.78 Å². The van der Waals surface area contributed by atoms with Gasteiger partial charge in [-0.15, -0.1) is 0 Å². The number of anilines is 1. The maximum atomic E-state index is 13.6. The molecule has 0 radical (unpaired) electrons. The minimum atomic E-state index is -0.572. The minimum Gasteiger partial charge on any atom is -0.381 e. The molecule has 0 spiro atoms. The van der Waals surface area contributed by atoms with Gasteiger partial charge in [0.05, 0.1) is 5.69 Å². The van der Waals surface area contributed by atoms with Gasteiger partial charge >= 0.3 is 0 Å². The van der Waals surface area contributed by atoms with E-state index in [1.54, 1.807) is 6.20 Å². The smallest absolute Gasteiger partial charge is 0.131 e. The largest absolute Gasteiger partial charge is 0.381 e. The predicted octanol–water partition coefficient (Wildman–Crippen LogP) is 3.97. The lowest BCUT2D eigenvalue weighted by atomic mass is 10.1. The third-order valence-corrected chi connectivity index (χ3v) is 3.17. The van der Waals surface area contributed by atoms with E-state index in [2.05, 4.69) is 15.5 Å². The molecule has 2 aromatic carbocycles. The Morgan fingerprint density at radius 2 is 1.95 bits per heavy atom. The fraction of sp³-hybridized carbons (Fsp3) is 0.0625. The summed E-state index contributed by atoms with van der Waals surface area (Å²) in [5, 5.41) is 9.93. The Labute approximate surface area is 120 Å². The monoisotopic (exact) mass is 285 g/mol. The zero-order valence-electron chi connectivity index (χ0n) is 11.1. The zero-order valence-corrected chi connectivity index (χ0v) is 11.1. The number of benzene rings is 2. The van der Waals surface area contributed by atoms with Crippen LogP contribution in [0.25, 0.3) is 11.3 Å². The number of hydrogen-bond donors (Lipinski definition) is 2. The number of nitrogens with one attached hydrogen (secondary N) is 2. The van der Waals surface area contributed by atoms with Gasteiger partial charge < -0.3 is 5.32 Å². The van der Waals surface area contributed by atoms with Crippen molar-refractivity contribution in [2.45, 2.75) is 6.54 Å². The maximum absolute atomic E-state index is 13.6. The van der Waals surface area contributed by atoms with Gasteiger partial charge in [-0.1, -0.05) is 18.2 Å². The summed E-state index contributed by atoms with van der Waals surface area (Å²) in [5.41, 5.74) is 3.16. The van der Waals surface area contributed by atoms with Crippen molar-refractivity contribution in [3.63, 3.8) is 0 Å². The average Bonchev–Trinajstić information content (AvgIpc) is 3.01. The minimum absolute atomic E-state index is 0.290. The van der Waals surface area contributed by atoms with Crippen molar-refractivity contribution in [1.29, 1.82) is 0 Å². The molecule has 0 aliphatic heterocycles. The first kappa shape index (κ1) is 13.3. The lowest BCUT2D eigenvalue weighted by Gasteiger charge is -2.09. The molecule has 5 heteroatoms. The maximum Gasteiger partial charge on any atom is 0.131 e. The second-order valence-corrected chi connectivity index (χ2v) is 4.64.